The van der Waals surface area contributed by atoms with Crippen LogP contribution in [0.5, 0.6) is 0 Å². The Morgan fingerprint density at radius 1 is 1.14 bits per heavy atom. The van der Waals surface area contributed by atoms with Gasteiger partial charge < -0.3 is 4.90 Å². The summed E-state index contributed by atoms with van der Waals surface area (Å²) >= 11 is 0. The fraction of sp³-hybridized carbons (Fsp3) is 0.533. The van der Waals surface area contributed by atoms with E-state index in [0.717, 1.165) is 5.69 Å². The second-order valence-corrected chi connectivity index (χ2v) is 7.52. The Bertz CT molecular complexity index is 609. The number of sulfonamides is 1. The van der Waals surface area contributed by atoms with E-state index in [1.165, 1.54) is 9.87 Å². The molecule has 0 atom stereocenters. The third kappa shape index (κ3) is 3.74. The van der Waals surface area contributed by atoms with E-state index >= 15 is 0 Å². The second kappa shape index (κ2) is 6.46. The van der Waals surface area contributed by atoms with Gasteiger partial charge in [-0.1, -0.05) is 26.0 Å². The normalized spacial score (nSPS) is 17.0. The average molecular weight is 307 g/mol. The molecule has 1 aliphatic heterocycles. The van der Waals surface area contributed by atoms with Crippen LogP contribution in [0.2, 0.25) is 0 Å². The van der Waals surface area contributed by atoms with Gasteiger partial charge in [0.25, 0.3) is 0 Å². The number of benzene rings is 1. The maximum absolute atomic E-state index is 11.8. The molecule has 21 heavy (non-hydrogen) atoms. The molecule has 0 bridgehead atoms. The van der Waals surface area contributed by atoms with Crippen LogP contribution in [0.3, 0.4) is 0 Å². The van der Waals surface area contributed by atoms with Crippen LogP contribution >= 0.6 is 0 Å². The van der Waals surface area contributed by atoms with Crippen LogP contribution in [0.1, 0.15) is 25.3 Å². The number of piperazine rings is 1. The maximum atomic E-state index is 11.8. The first-order valence-electron chi connectivity index (χ1n) is 7.14. The van der Waals surface area contributed by atoms with Crippen molar-refractivity contribution in [2.24, 2.45) is 0 Å². The first-order valence-corrected chi connectivity index (χ1v) is 8.74. The summed E-state index contributed by atoms with van der Waals surface area (Å²) in [6.45, 7) is 6.52. The quantitative estimate of drug-likeness (QED) is 0.850. The summed E-state index contributed by atoms with van der Waals surface area (Å²) in [5.41, 5.74) is 2.42. The maximum Gasteiger partial charge on any atom is 0.227 e. The highest BCUT2D eigenvalue weighted by molar-refractivity contribution is 7.89. The molecule has 0 N–H and O–H groups in total. The van der Waals surface area contributed by atoms with E-state index in [2.05, 4.69) is 43.0 Å². The minimum atomic E-state index is -3.41. The van der Waals surface area contributed by atoms with Crippen molar-refractivity contribution >= 4 is 15.7 Å². The molecule has 1 heterocycles. The molecule has 114 valence electrons. The average Bonchev–Trinajstić information content (AvgIpc) is 2.47. The van der Waals surface area contributed by atoms with Gasteiger partial charge in [-0.2, -0.15) is 9.57 Å². The molecule has 2 rings (SSSR count). The highest BCUT2D eigenvalue weighted by Gasteiger charge is 2.26. The van der Waals surface area contributed by atoms with Gasteiger partial charge in [0, 0.05) is 31.9 Å². The standard InChI is InChI=1S/C15H21N3O2S/c1-13(2)14-3-5-15(6-4-14)17-8-10-18(11-9-17)21(19,20)12-7-16/h3-6,13H,8-12H2,1-2H3. The lowest BCUT2D eigenvalue weighted by molar-refractivity contribution is 0.386. The third-order valence-corrected chi connectivity index (χ3v) is 5.45. The molecule has 0 unspecified atom stereocenters. The SMILES string of the molecule is CC(C)c1ccc(N2CCN(S(=O)(=O)CC#N)CC2)cc1. The number of anilines is 1. The molecular formula is C15H21N3O2S. The third-order valence-electron chi connectivity index (χ3n) is 3.80. The number of nitriles is 1. The largest absolute Gasteiger partial charge is 0.369 e. The number of hydrogen-bond acceptors (Lipinski definition) is 4. The first-order chi connectivity index (χ1) is 9.94. The summed E-state index contributed by atoms with van der Waals surface area (Å²) < 4.78 is 25.1. The smallest absolute Gasteiger partial charge is 0.227 e. The molecule has 1 aromatic carbocycles. The molecule has 0 radical (unpaired) electrons. The van der Waals surface area contributed by atoms with Crippen molar-refractivity contribution < 1.29 is 8.42 Å². The highest BCUT2D eigenvalue weighted by Crippen LogP contribution is 2.21. The van der Waals surface area contributed by atoms with Gasteiger partial charge in [0.2, 0.25) is 10.0 Å². The van der Waals surface area contributed by atoms with E-state index in [-0.39, 0.29) is 0 Å². The van der Waals surface area contributed by atoms with Gasteiger partial charge in [-0.3, -0.25) is 0 Å². The van der Waals surface area contributed by atoms with Crippen LogP contribution in [0.15, 0.2) is 24.3 Å². The summed E-state index contributed by atoms with van der Waals surface area (Å²) in [6, 6.07) is 10.2. The summed E-state index contributed by atoms with van der Waals surface area (Å²) in [6.07, 6.45) is 0. The second-order valence-electron chi connectivity index (χ2n) is 5.55. The molecule has 0 spiro atoms. The lowest BCUT2D eigenvalue weighted by atomic mass is 10.0. The zero-order chi connectivity index (χ0) is 15.5. The zero-order valence-corrected chi connectivity index (χ0v) is 13.3. The topological polar surface area (TPSA) is 64.4 Å². The number of nitrogens with zero attached hydrogens (tertiary/aromatic N) is 3. The predicted molar refractivity (Wildman–Crippen MR) is 83.7 cm³/mol. The van der Waals surface area contributed by atoms with E-state index < -0.39 is 15.8 Å². The van der Waals surface area contributed by atoms with Crippen LogP contribution in [-0.2, 0) is 10.0 Å². The van der Waals surface area contributed by atoms with Gasteiger partial charge in [-0.15, -0.1) is 0 Å². The Morgan fingerprint density at radius 3 is 2.19 bits per heavy atom. The Morgan fingerprint density at radius 2 is 1.71 bits per heavy atom. The summed E-state index contributed by atoms with van der Waals surface area (Å²) in [5, 5.41) is 8.57. The first kappa shape index (κ1) is 15.8. The molecule has 0 aliphatic carbocycles. The van der Waals surface area contributed by atoms with Crippen LogP contribution in [-0.4, -0.2) is 44.7 Å². The molecule has 1 aliphatic rings. The van der Waals surface area contributed by atoms with Crippen molar-refractivity contribution in [1.29, 1.82) is 5.26 Å². The van der Waals surface area contributed by atoms with Gasteiger partial charge in [-0.25, -0.2) is 8.42 Å². The van der Waals surface area contributed by atoms with Crippen molar-refractivity contribution in [2.45, 2.75) is 19.8 Å². The Balaban J connectivity index is 2.00. The molecule has 0 aromatic heterocycles. The van der Waals surface area contributed by atoms with Crippen LogP contribution in [0.25, 0.3) is 0 Å². The van der Waals surface area contributed by atoms with Crippen molar-refractivity contribution in [1.82, 2.24) is 4.31 Å². The number of hydrogen-bond donors (Lipinski definition) is 0. The lowest BCUT2D eigenvalue weighted by Gasteiger charge is -2.35. The fourth-order valence-corrected chi connectivity index (χ4v) is 3.53. The van der Waals surface area contributed by atoms with Gasteiger partial charge >= 0.3 is 0 Å². The lowest BCUT2D eigenvalue weighted by Crippen LogP contribution is -2.49. The molecule has 1 aromatic rings. The van der Waals surface area contributed by atoms with Gasteiger partial charge in [0.1, 0.15) is 0 Å². The summed E-state index contributed by atoms with van der Waals surface area (Å²) in [5.74, 6) is 0.0721. The highest BCUT2D eigenvalue weighted by atomic mass is 32.2. The Labute approximate surface area is 126 Å². The van der Waals surface area contributed by atoms with Crippen LogP contribution in [0.4, 0.5) is 5.69 Å². The van der Waals surface area contributed by atoms with Gasteiger partial charge in [-0.05, 0) is 23.6 Å². The van der Waals surface area contributed by atoms with Gasteiger partial charge in [0.05, 0.1) is 6.07 Å². The Kier molecular flexibility index (Phi) is 4.86. The van der Waals surface area contributed by atoms with E-state index in [1.807, 2.05) is 0 Å². The molecule has 1 fully saturated rings. The number of rotatable bonds is 4. The van der Waals surface area contributed by atoms with E-state index in [0.29, 0.717) is 32.1 Å². The minimum Gasteiger partial charge on any atom is -0.369 e. The van der Waals surface area contributed by atoms with E-state index in [9.17, 15) is 8.42 Å². The van der Waals surface area contributed by atoms with Gasteiger partial charge in [0.15, 0.2) is 5.75 Å². The van der Waals surface area contributed by atoms with Crippen LogP contribution < -0.4 is 4.90 Å². The molecule has 6 heteroatoms. The molecule has 1 saturated heterocycles. The monoisotopic (exact) mass is 307 g/mol. The molecule has 0 amide bonds. The van der Waals surface area contributed by atoms with Crippen molar-refractivity contribution in [3.05, 3.63) is 29.8 Å². The summed E-state index contributed by atoms with van der Waals surface area (Å²) in [4.78, 5) is 2.18. The molecule has 5 nitrogen and oxygen atoms in total. The predicted octanol–water partition coefficient (Wildman–Crippen LogP) is 1.79. The minimum absolute atomic E-state index is 0.434. The fourth-order valence-electron chi connectivity index (χ4n) is 2.47. The van der Waals surface area contributed by atoms with Crippen molar-refractivity contribution in [2.75, 3.05) is 36.8 Å². The molecular weight excluding hydrogens is 286 g/mol. The Hall–Kier alpha value is -1.58. The zero-order valence-electron chi connectivity index (χ0n) is 12.5. The summed E-state index contributed by atoms with van der Waals surface area (Å²) in [7, 11) is -3.41. The van der Waals surface area contributed by atoms with Crippen LogP contribution in [0, 0.1) is 11.3 Å². The van der Waals surface area contributed by atoms with Crippen molar-refractivity contribution in [3.63, 3.8) is 0 Å². The van der Waals surface area contributed by atoms with Crippen molar-refractivity contribution in [3.8, 4) is 6.07 Å². The molecule has 0 saturated carbocycles. The van der Waals surface area contributed by atoms with E-state index in [4.69, 9.17) is 5.26 Å². The van der Waals surface area contributed by atoms with E-state index in [1.54, 1.807) is 6.07 Å².